The van der Waals surface area contributed by atoms with Gasteiger partial charge in [-0.25, -0.2) is 15.0 Å². The molecule has 5 rings (SSSR count). The monoisotopic (exact) mass is 331 g/mol. The van der Waals surface area contributed by atoms with E-state index in [2.05, 4.69) is 61.4 Å². The molecule has 0 amide bonds. The van der Waals surface area contributed by atoms with Crippen molar-refractivity contribution in [2.75, 3.05) is 5.32 Å². The minimum Gasteiger partial charge on any atom is -0.337 e. The molecule has 24 heavy (non-hydrogen) atoms. The second-order valence-electron chi connectivity index (χ2n) is 5.63. The molecular formula is C18H13N5S. The van der Waals surface area contributed by atoms with E-state index in [4.69, 9.17) is 0 Å². The Balaban J connectivity index is 1.49. The number of rotatable bonds is 2. The topological polar surface area (TPSA) is 55.6 Å². The second kappa shape index (κ2) is 5.35. The third-order valence-electron chi connectivity index (χ3n) is 4.04. The molecule has 0 atom stereocenters. The molecular weight excluding hydrogens is 318 g/mol. The van der Waals surface area contributed by atoms with Crippen molar-refractivity contribution in [2.24, 2.45) is 0 Å². The molecule has 4 aromatic rings. The Morgan fingerprint density at radius 2 is 1.96 bits per heavy atom. The van der Waals surface area contributed by atoms with E-state index in [1.54, 1.807) is 24.2 Å². The average Bonchev–Trinajstić information content (AvgIpc) is 3.03. The summed E-state index contributed by atoms with van der Waals surface area (Å²) in [4.78, 5) is 14.4. The van der Waals surface area contributed by atoms with Gasteiger partial charge in [-0.05, 0) is 35.9 Å². The molecule has 3 aromatic heterocycles. The van der Waals surface area contributed by atoms with Gasteiger partial charge < -0.3 is 9.88 Å². The predicted octanol–water partition coefficient (Wildman–Crippen LogP) is 4.08. The highest BCUT2D eigenvalue weighted by molar-refractivity contribution is 7.99. The van der Waals surface area contributed by atoms with Crippen LogP contribution in [0.5, 0.6) is 0 Å². The van der Waals surface area contributed by atoms with Crippen LogP contribution in [0.3, 0.4) is 0 Å². The fraction of sp³-hybridized carbons (Fsp3) is 0.0556. The lowest BCUT2D eigenvalue weighted by Crippen LogP contribution is -2.05. The van der Waals surface area contributed by atoms with Crippen LogP contribution in [0.1, 0.15) is 5.56 Å². The molecule has 0 unspecified atom stereocenters. The summed E-state index contributed by atoms with van der Waals surface area (Å²) in [6.07, 6.45) is 7.34. The first kappa shape index (κ1) is 13.6. The standard InChI is InChI=1S/C18H13N5S/c1-2-13-5-9-23(17(13)20-6-1)11-12-3-4-15-14(10-12)22-16-18(24-15)21-8-7-19-16/h1-10H,11H2,(H,19,22). The van der Waals surface area contributed by atoms with Crippen molar-refractivity contribution < 1.29 is 0 Å². The fourth-order valence-electron chi connectivity index (χ4n) is 2.92. The van der Waals surface area contributed by atoms with Crippen molar-refractivity contribution in [3.05, 3.63) is 66.7 Å². The number of benzene rings is 1. The van der Waals surface area contributed by atoms with E-state index in [1.807, 2.05) is 12.3 Å². The zero-order chi connectivity index (χ0) is 15.9. The number of pyridine rings is 1. The fourth-order valence-corrected chi connectivity index (χ4v) is 3.80. The van der Waals surface area contributed by atoms with E-state index in [-0.39, 0.29) is 0 Å². The molecule has 0 aliphatic carbocycles. The van der Waals surface area contributed by atoms with Crippen LogP contribution in [-0.2, 0) is 6.54 Å². The molecule has 6 heteroatoms. The van der Waals surface area contributed by atoms with Crippen molar-refractivity contribution in [3.63, 3.8) is 0 Å². The Morgan fingerprint density at radius 3 is 2.96 bits per heavy atom. The van der Waals surface area contributed by atoms with Gasteiger partial charge >= 0.3 is 0 Å². The molecule has 1 aromatic carbocycles. The van der Waals surface area contributed by atoms with Crippen LogP contribution in [0, 0.1) is 0 Å². The molecule has 1 aliphatic rings. The van der Waals surface area contributed by atoms with Gasteiger partial charge in [0.15, 0.2) is 5.82 Å². The summed E-state index contributed by atoms with van der Waals surface area (Å²) >= 11 is 1.65. The molecule has 1 N–H and O–H groups in total. The first-order chi connectivity index (χ1) is 11.9. The van der Waals surface area contributed by atoms with Crippen LogP contribution < -0.4 is 5.32 Å². The quantitative estimate of drug-likeness (QED) is 0.528. The summed E-state index contributed by atoms with van der Waals surface area (Å²) in [5.41, 5.74) is 3.31. The van der Waals surface area contributed by atoms with Crippen molar-refractivity contribution in [1.82, 2.24) is 19.5 Å². The lowest BCUT2D eigenvalue weighted by atomic mass is 10.2. The highest BCUT2D eigenvalue weighted by Gasteiger charge is 2.17. The van der Waals surface area contributed by atoms with Crippen molar-refractivity contribution in [2.45, 2.75) is 16.5 Å². The molecule has 0 bridgehead atoms. The number of nitrogens with one attached hydrogen (secondary N) is 1. The molecule has 0 saturated carbocycles. The van der Waals surface area contributed by atoms with Crippen LogP contribution in [0.25, 0.3) is 11.0 Å². The Morgan fingerprint density at radius 1 is 1.00 bits per heavy atom. The highest BCUT2D eigenvalue weighted by Crippen LogP contribution is 2.42. The van der Waals surface area contributed by atoms with Crippen LogP contribution in [0.4, 0.5) is 11.5 Å². The lowest BCUT2D eigenvalue weighted by molar-refractivity contribution is 0.824. The van der Waals surface area contributed by atoms with E-state index in [1.165, 1.54) is 10.5 Å². The molecule has 0 saturated heterocycles. The second-order valence-corrected chi connectivity index (χ2v) is 6.66. The van der Waals surface area contributed by atoms with Gasteiger partial charge in [-0.2, -0.15) is 0 Å². The van der Waals surface area contributed by atoms with E-state index in [0.717, 1.165) is 34.1 Å². The third-order valence-corrected chi connectivity index (χ3v) is 5.11. The van der Waals surface area contributed by atoms with Gasteiger partial charge in [0.25, 0.3) is 0 Å². The summed E-state index contributed by atoms with van der Waals surface area (Å²) in [7, 11) is 0. The van der Waals surface area contributed by atoms with Gasteiger partial charge in [-0.1, -0.05) is 17.8 Å². The van der Waals surface area contributed by atoms with E-state index < -0.39 is 0 Å². The number of nitrogens with zero attached hydrogens (tertiary/aromatic N) is 4. The first-order valence-electron chi connectivity index (χ1n) is 7.65. The van der Waals surface area contributed by atoms with Crippen molar-refractivity contribution >= 4 is 34.3 Å². The molecule has 4 heterocycles. The number of hydrogen-bond donors (Lipinski definition) is 1. The Kier molecular flexibility index (Phi) is 3.02. The summed E-state index contributed by atoms with van der Waals surface area (Å²) in [6, 6.07) is 12.6. The average molecular weight is 331 g/mol. The van der Waals surface area contributed by atoms with Gasteiger partial charge in [0.1, 0.15) is 10.7 Å². The van der Waals surface area contributed by atoms with Crippen LogP contribution >= 0.6 is 11.8 Å². The summed E-state index contributed by atoms with van der Waals surface area (Å²) < 4.78 is 2.17. The maximum absolute atomic E-state index is 4.48. The molecule has 0 radical (unpaired) electrons. The summed E-state index contributed by atoms with van der Waals surface area (Å²) in [5, 5.41) is 5.45. The maximum Gasteiger partial charge on any atom is 0.163 e. The smallest absolute Gasteiger partial charge is 0.163 e. The zero-order valence-electron chi connectivity index (χ0n) is 12.7. The Labute approximate surface area is 142 Å². The van der Waals surface area contributed by atoms with Gasteiger partial charge in [0.05, 0.1) is 5.69 Å². The molecule has 0 fully saturated rings. The number of anilines is 2. The number of aromatic nitrogens is 4. The van der Waals surface area contributed by atoms with Crippen molar-refractivity contribution in [1.29, 1.82) is 0 Å². The summed E-state index contributed by atoms with van der Waals surface area (Å²) in [5.74, 6) is 0.820. The first-order valence-corrected chi connectivity index (χ1v) is 8.47. The van der Waals surface area contributed by atoms with E-state index >= 15 is 0 Å². The highest BCUT2D eigenvalue weighted by atomic mass is 32.2. The zero-order valence-corrected chi connectivity index (χ0v) is 13.5. The lowest BCUT2D eigenvalue weighted by Gasteiger charge is -2.19. The predicted molar refractivity (Wildman–Crippen MR) is 94.7 cm³/mol. The number of hydrogen-bond acceptors (Lipinski definition) is 5. The summed E-state index contributed by atoms with van der Waals surface area (Å²) in [6.45, 7) is 0.785. The molecule has 0 spiro atoms. The van der Waals surface area contributed by atoms with Crippen LogP contribution in [0.15, 0.2) is 71.1 Å². The molecule has 116 valence electrons. The Hall–Kier alpha value is -2.86. The molecule has 5 nitrogen and oxygen atoms in total. The largest absolute Gasteiger partial charge is 0.337 e. The Bertz CT molecular complexity index is 1060. The van der Waals surface area contributed by atoms with Gasteiger partial charge in [-0.3, -0.25) is 0 Å². The minimum atomic E-state index is 0.785. The van der Waals surface area contributed by atoms with Crippen LogP contribution in [-0.4, -0.2) is 19.5 Å². The van der Waals surface area contributed by atoms with Crippen LogP contribution in [0.2, 0.25) is 0 Å². The number of fused-ring (bicyclic) bond motifs is 3. The van der Waals surface area contributed by atoms with Gasteiger partial charge in [0, 0.05) is 41.6 Å². The van der Waals surface area contributed by atoms with Crippen molar-refractivity contribution in [3.8, 4) is 0 Å². The third kappa shape index (κ3) is 2.23. The van der Waals surface area contributed by atoms with E-state index in [9.17, 15) is 0 Å². The molecule has 1 aliphatic heterocycles. The normalized spacial score (nSPS) is 12.5. The van der Waals surface area contributed by atoms with Gasteiger partial charge in [0.2, 0.25) is 0 Å². The minimum absolute atomic E-state index is 0.785. The SMILES string of the molecule is c1cnc2c(c1)ccn2Cc1ccc2c(c1)Nc1nccnc1S2. The van der Waals surface area contributed by atoms with E-state index in [0.29, 0.717) is 0 Å². The van der Waals surface area contributed by atoms with Gasteiger partial charge in [-0.15, -0.1) is 0 Å². The maximum atomic E-state index is 4.48.